The zero-order valence-electron chi connectivity index (χ0n) is 16.7. The van der Waals surface area contributed by atoms with Crippen LogP contribution in [0.3, 0.4) is 0 Å². The largest absolute Gasteiger partial charge is 0.378 e. The number of aryl methyl sites for hydroxylation is 1. The normalized spacial score (nSPS) is 15.3. The summed E-state index contributed by atoms with van der Waals surface area (Å²) in [5, 5.41) is 3.80. The fourth-order valence-electron chi connectivity index (χ4n) is 3.75. The fourth-order valence-corrected chi connectivity index (χ4v) is 3.75. The van der Waals surface area contributed by atoms with E-state index in [1.165, 1.54) is 6.07 Å². The number of ether oxygens (including phenoxy) is 1. The number of anilines is 1. The minimum absolute atomic E-state index is 0.177. The van der Waals surface area contributed by atoms with E-state index in [-0.39, 0.29) is 17.5 Å². The molecule has 4 rings (SSSR count). The van der Waals surface area contributed by atoms with Crippen LogP contribution >= 0.6 is 0 Å². The monoisotopic (exact) mass is 391 g/mol. The third kappa shape index (κ3) is 3.89. The second kappa shape index (κ2) is 8.09. The molecule has 150 valence electrons. The lowest BCUT2D eigenvalue weighted by molar-refractivity contribution is 0.0941. The van der Waals surface area contributed by atoms with Gasteiger partial charge in [-0.3, -0.25) is 9.59 Å². The van der Waals surface area contributed by atoms with Gasteiger partial charge in [0.1, 0.15) is 0 Å². The number of rotatable bonds is 4. The molecule has 6 nitrogen and oxygen atoms in total. The lowest BCUT2D eigenvalue weighted by atomic mass is 10.0. The number of nitrogens with zero attached hydrogens (tertiary/aromatic N) is 2. The Morgan fingerprint density at radius 3 is 2.48 bits per heavy atom. The van der Waals surface area contributed by atoms with Crippen LogP contribution in [0.15, 0.2) is 59.4 Å². The van der Waals surface area contributed by atoms with Gasteiger partial charge in [0.2, 0.25) is 0 Å². The maximum Gasteiger partial charge on any atom is 0.252 e. The Bertz CT molecular complexity index is 1080. The van der Waals surface area contributed by atoms with E-state index in [9.17, 15) is 9.59 Å². The predicted octanol–water partition coefficient (Wildman–Crippen LogP) is 2.87. The van der Waals surface area contributed by atoms with Crippen LogP contribution < -0.4 is 15.8 Å². The average Bonchev–Trinajstić information content (AvgIpc) is 2.77. The van der Waals surface area contributed by atoms with Gasteiger partial charge < -0.3 is 19.5 Å². The Balaban J connectivity index is 1.53. The minimum Gasteiger partial charge on any atom is -0.378 e. The van der Waals surface area contributed by atoms with Crippen molar-refractivity contribution in [2.75, 3.05) is 31.2 Å². The van der Waals surface area contributed by atoms with Crippen molar-refractivity contribution in [1.29, 1.82) is 0 Å². The van der Waals surface area contributed by atoms with E-state index < -0.39 is 0 Å². The van der Waals surface area contributed by atoms with Gasteiger partial charge in [-0.2, -0.15) is 0 Å². The molecule has 6 heteroatoms. The van der Waals surface area contributed by atoms with E-state index in [4.69, 9.17) is 4.74 Å². The number of nitrogens with one attached hydrogen (secondary N) is 1. The molecule has 0 radical (unpaired) electrons. The van der Waals surface area contributed by atoms with Crippen molar-refractivity contribution in [1.82, 2.24) is 9.88 Å². The molecule has 0 bridgehead atoms. The molecule has 1 aliphatic rings. The molecule has 1 N–H and O–H groups in total. The summed E-state index contributed by atoms with van der Waals surface area (Å²) < 4.78 is 6.96. The Hall–Kier alpha value is -3.12. The molecule has 3 aromatic rings. The van der Waals surface area contributed by atoms with Gasteiger partial charge in [-0.15, -0.1) is 0 Å². The van der Waals surface area contributed by atoms with E-state index in [1.54, 1.807) is 11.6 Å². The SMILES string of the molecule is CC(NC(=O)c1cc(=O)n(C)c2ccccc12)c1ccc(N2CCOCC2)cc1. The molecule has 1 atom stereocenters. The number of hydrogen-bond donors (Lipinski definition) is 1. The summed E-state index contributed by atoms with van der Waals surface area (Å²) in [6, 6.07) is 16.9. The molecule has 0 aliphatic carbocycles. The summed E-state index contributed by atoms with van der Waals surface area (Å²) in [4.78, 5) is 27.5. The predicted molar refractivity (Wildman–Crippen MR) is 115 cm³/mol. The first-order valence-corrected chi connectivity index (χ1v) is 9.87. The standard InChI is InChI=1S/C23H25N3O3/c1-16(17-7-9-18(10-8-17)26-11-13-29-14-12-26)24-23(28)20-15-22(27)25(2)21-6-4-3-5-19(20)21/h3-10,15-16H,11-14H2,1-2H3,(H,24,28). The Morgan fingerprint density at radius 1 is 1.07 bits per heavy atom. The number of hydrogen-bond acceptors (Lipinski definition) is 4. The van der Waals surface area contributed by atoms with E-state index >= 15 is 0 Å². The van der Waals surface area contributed by atoms with Gasteiger partial charge in [-0.25, -0.2) is 0 Å². The number of carbonyl (C=O) groups is 1. The van der Waals surface area contributed by atoms with Crippen molar-refractivity contribution in [2.45, 2.75) is 13.0 Å². The van der Waals surface area contributed by atoms with Crippen molar-refractivity contribution in [2.24, 2.45) is 7.05 Å². The highest BCUT2D eigenvalue weighted by atomic mass is 16.5. The van der Waals surface area contributed by atoms with Crippen LogP contribution in [0, 0.1) is 0 Å². The van der Waals surface area contributed by atoms with Gasteiger partial charge in [-0.05, 0) is 30.7 Å². The highest BCUT2D eigenvalue weighted by Gasteiger charge is 2.17. The summed E-state index contributed by atoms with van der Waals surface area (Å²) >= 11 is 0. The quantitative estimate of drug-likeness (QED) is 0.743. The van der Waals surface area contributed by atoms with Crippen molar-refractivity contribution >= 4 is 22.5 Å². The van der Waals surface area contributed by atoms with Gasteiger partial charge in [0.25, 0.3) is 11.5 Å². The molecule has 2 heterocycles. The molecule has 0 spiro atoms. The second-order valence-corrected chi connectivity index (χ2v) is 7.36. The first-order chi connectivity index (χ1) is 14.0. The molecule has 1 unspecified atom stereocenters. The minimum atomic E-state index is -0.247. The molecule has 29 heavy (non-hydrogen) atoms. The maximum atomic E-state index is 12.9. The second-order valence-electron chi connectivity index (χ2n) is 7.36. The average molecular weight is 391 g/mol. The number of fused-ring (bicyclic) bond motifs is 1. The zero-order chi connectivity index (χ0) is 20.4. The smallest absolute Gasteiger partial charge is 0.252 e. The van der Waals surface area contributed by atoms with Crippen molar-refractivity contribution in [3.8, 4) is 0 Å². The van der Waals surface area contributed by atoms with Crippen molar-refractivity contribution in [3.05, 3.63) is 76.1 Å². The third-order valence-corrected chi connectivity index (χ3v) is 5.52. The molecule has 1 aromatic heterocycles. The molecule has 1 amide bonds. The molecule has 1 aliphatic heterocycles. The van der Waals surface area contributed by atoms with Crippen LogP contribution in [0.5, 0.6) is 0 Å². The first kappa shape index (κ1) is 19.2. The summed E-state index contributed by atoms with van der Waals surface area (Å²) in [5.74, 6) is -0.247. The van der Waals surface area contributed by atoms with Crippen LogP contribution in [-0.4, -0.2) is 36.8 Å². The van der Waals surface area contributed by atoms with Gasteiger partial charge >= 0.3 is 0 Å². The zero-order valence-corrected chi connectivity index (χ0v) is 16.7. The number of benzene rings is 2. The van der Waals surface area contributed by atoms with Crippen LogP contribution in [-0.2, 0) is 11.8 Å². The van der Waals surface area contributed by atoms with Crippen molar-refractivity contribution in [3.63, 3.8) is 0 Å². The molecular formula is C23H25N3O3. The highest BCUT2D eigenvalue weighted by Crippen LogP contribution is 2.21. The maximum absolute atomic E-state index is 12.9. The van der Waals surface area contributed by atoms with Crippen LogP contribution in [0.1, 0.15) is 28.9 Å². The number of para-hydroxylation sites is 1. The fraction of sp³-hybridized carbons (Fsp3) is 0.304. The Morgan fingerprint density at radius 2 is 1.76 bits per heavy atom. The topological polar surface area (TPSA) is 63.6 Å². The van der Waals surface area contributed by atoms with Crippen molar-refractivity contribution < 1.29 is 9.53 Å². The van der Waals surface area contributed by atoms with Gasteiger partial charge in [0, 0.05) is 37.3 Å². The molecule has 1 fully saturated rings. The van der Waals surface area contributed by atoms with E-state index in [0.717, 1.165) is 48.5 Å². The van der Waals surface area contributed by atoms with Gasteiger partial charge in [-0.1, -0.05) is 30.3 Å². The number of carbonyl (C=O) groups excluding carboxylic acids is 1. The summed E-state index contributed by atoms with van der Waals surface area (Å²) in [5.41, 5.74) is 3.13. The van der Waals surface area contributed by atoms with Crippen LogP contribution in [0.25, 0.3) is 10.9 Å². The molecule has 1 saturated heterocycles. The summed E-state index contributed by atoms with van der Waals surface area (Å²) in [6.07, 6.45) is 0. The third-order valence-electron chi connectivity index (χ3n) is 5.52. The van der Waals surface area contributed by atoms with Gasteiger partial charge in [0.05, 0.1) is 30.3 Å². The summed E-state index contributed by atoms with van der Waals surface area (Å²) in [7, 11) is 1.71. The van der Waals surface area contributed by atoms with E-state index in [2.05, 4.69) is 22.3 Å². The summed E-state index contributed by atoms with van der Waals surface area (Å²) in [6.45, 7) is 5.23. The van der Waals surface area contributed by atoms with Gasteiger partial charge in [0.15, 0.2) is 0 Å². The molecule has 2 aromatic carbocycles. The number of aromatic nitrogens is 1. The molecular weight excluding hydrogens is 366 g/mol. The number of pyridine rings is 1. The van der Waals surface area contributed by atoms with E-state index in [0.29, 0.717) is 5.56 Å². The lowest BCUT2D eigenvalue weighted by Gasteiger charge is -2.29. The number of amides is 1. The van der Waals surface area contributed by atoms with Crippen LogP contribution in [0.2, 0.25) is 0 Å². The first-order valence-electron chi connectivity index (χ1n) is 9.87. The number of morpholine rings is 1. The van der Waals surface area contributed by atoms with Crippen LogP contribution in [0.4, 0.5) is 5.69 Å². The highest BCUT2D eigenvalue weighted by molar-refractivity contribution is 6.06. The lowest BCUT2D eigenvalue weighted by Crippen LogP contribution is -2.36. The molecule has 0 saturated carbocycles. The Labute approximate surface area is 169 Å². The Kier molecular flexibility index (Phi) is 5.36. The van der Waals surface area contributed by atoms with E-state index in [1.807, 2.05) is 43.3 Å².